The number of hydrogen-bond acceptors (Lipinski definition) is 4. The predicted molar refractivity (Wildman–Crippen MR) is 75.7 cm³/mol. The van der Waals surface area contributed by atoms with Crippen LogP contribution < -0.4 is 5.73 Å². The highest BCUT2D eigenvalue weighted by Gasteiger charge is 2.21. The zero-order valence-electron chi connectivity index (χ0n) is 11.1. The second kappa shape index (κ2) is 5.28. The molecule has 0 saturated carbocycles. The van der Waals surface area contributed by atoms with Crippen LogP contribution in [0, 0.1) is 0 Å². The smallest absolute Gasteiger partial charge is 0.228 e. The lowest BCUT2D eigenvalue weighted by Gasteiger charge is -2.28. The molecule has 0 spiro atoms. The summed E-state index contributed by atoms with van der Waals surface area (Å²) < 4.78 is 0. The van der Waals surface area contributed by atoms with E-state index in [1.165, 1.54) is 0 Å². The van der Waals surface area contributed by atoms with Crippen LogP contribution >= 0.6 is 0 Å². The third kappa shape index (κ3) is 2.61. The van der Waals surface area contributed by atoms with E-state index in [1.54, 1.807) is 24.5 Å². The van der Waals surface area contributed by atoms with Gasteiger partial charge in [-0.05, 0) is 23.8 Å². The summed E-state index contributed by atoms with van der Waals surface area (Å²) in [4.78, 5) is 22.7. The molecule has 1 aliphatic rings. The van der Waals surface area contributed by atoms with E-state index in [0.29, 0.717) is 18.7 Å². The number of aromatic nitrogens is 2. The first-order valence-corrected chi connectivity index (χ1v) is 6.63. The van der Waals surface area contributed by atoms with Crippen LogP contribution in [0.2, 0.25) is 0 Å². The van der Waals surface area contributed by atoms with Gasteiger partial charge in [-0.1, -0.05) is 6.07 Å². The number of carbonyl (C=O) groups is 1. The van der Waals surface area contributed by atoms with Crippen LogP contribution in [0.3, 0.4) is 0 Å². The van der Waals surface area contributed by atoms with Crippen molar-refractivity contribution in [3.63, 3.8) is 0 Å². The highest BCUT2D eigenvalue weighted by molar-refractivity contribution is 5.78. The topological polar surface area (TPSA) is 72.1 Å². The maximum Gasteiger partial charge on any atom is 0.228 e. The summed E-state index contributed by atoms with van der Waals surface area (Å²) in [7, 11) is 0. The van der Waals surface area contributed by atoms with Gasteiger partial charge >= 0.3 is 0 Å². The second-order valence-electron chi connectivity index (χ2n) is 4.93. The molecular weight excluding hydrogens is 252 g/mol. The number of rotatable bonds is 2. The van der Waals surface area contributed by atoms with Gasteiger partial charge in [0.25, 0.3) is 0 Å². The summed E-state index contributed by atoms with van der Waals surface area (Å²) in [6, 6.07) is 7.51. The minimum atomic E-state index is 0.0942. The van der Waals surface area contributed by atoms with Gasteiger partial charge in [-0.25, -0.2) is 0 Å². The summed E-state index contributed by atoms with van der Waals surface area (Å²) in [5, 5.41) is 0. The van der Waals surface area contributed by atoms with Gasteiger partial charge in [0.1, 0.15) is 0 Å². The van der Waals surface area contributed by atoms with Crippen molar-refractivity contribution < 1.29 is 4.79 Å². The summed E-state index contributed by atoms with van der Waals surface area (Å²) in [5.74, 6) is 0.0942. The fourth-order valence-corrected chi connectivity index (χ4v) is 2.39. The van der Waals surface area contributed by atoms with E-state index in [1.807, 2.05) is 17.0 Å². The standard InChI is InChI=1S/C15H16N4O/c16-12-3-4-13(18-9-12)8-15(20)19-7-5-14-11(10-19)2-1-6-17-14/h1-4,6,9H,5,7-8,10,16H2. The lowest BCUT2D eigenvalue weighted by molar-refractivity contribution is -0.131. The van der Waals surface area contributed by atoms with E-state index in [2.05, 4.69) is 9.97 Å². The summed E-state index contributed by atoms with van der Waals surface area (Å²) >= 11 is 0. The highest BCUT2D eigenvalue weighted by Crippen LogP contribution is 2.17. The number of fused-ring (bicyclic) bond motifs is 1. The quantitative estimate of drug-likeness (QED) is 0.888. The van der Waals surface area contributed by atoms with E-state index >= 15 is 0 Å². The maximum atomic E-state index is 12.3. The molecule has 0 aromatic carbocycles. The number of pyridine rings is 2. The largest absolute Gasteiger partial charge is 0.397 e. The van der Waals surface area contributed by atoms with Crippen LogP contribution in [0.25, 0.3) is 0 Å². The first-order valence-electron chi connectivity index (χ1n) is 6.63. The molecule has 3 heterocycles. The van der Waals surface area contributed by atoms with Crippen molar-refractivity contribution >= 4 is 11.6 Å². The molecule has 5 nitrogen and oxygen atoms in total. The zero-order valence-corrected chi connectivity index (χ0v) is 11.1. The van der Waals surface area contributed by atoms with Gasteiger partial charge < -0.3 is 10.6 Å². The molecule has 2 aromatic rings. The SMILES string of the molecule is Nc1ccc(CC(=O)N2CCc3ncccc3C2)nc1. The van der Waals surface area contributed by atoms with Gasteiger partial charge in [0.05, 0.1) is 18.3 Å². The average Bonchev–Trinajstić information content (AvgIpc) is 2.49. The summed E-state index contributed by atoms with van der Waals surface area (Å²) in [5.41, 5.74) is 9.19. The van der Waals surface area contributed by atoms with Gasteiger partial charge in [0.2, 0.25) is 5.91 Å². The Morgan fingerprint density at radius 3 is 3.00 bits per heavy atom. The molecule has 3 rings (SSSR count). The Kier molecular flexibility index (Phi) is 3.33. The van der Waals surface area contributed by atoms with Gasteiger partial charge in [-0.2, -0.15) is 0 Å². The van der Waals surface area contributed by atoms with E-state index < -0.39 is 0 Å². The number of nitrogen functional groups attached to an aromatic ring is 1. The monoisotopic (exact) mass is 268 g/mol. The van der Waals surface area contributed by atoms with E-state index in [0.717, 1.165) is 29.9 Å². The molecule has 2 aromatic heterocycles. The Morgan fingerprint density at radius 2 is 2.20 bits per heavy atom. The second-order valence-corrected chi connectivity index (χ2v) is 4.93. The Bertz CT molecular complexity index is 624. The van der Waals surface area contributed by atoms with Crippen molar-refractivity contribution in [2.24, 2.45) is 0 Å². The molecule has 0 saturated heterocycles. The number of anilines is 1. The van der Waals surface area contributed by atoms with Crippen LogP contribution in [-0.4, -0.2) is 27.3 Å². The lowest BCUT2D eigenvalue weighted by atomic mass is 10.1. The molecule has 0 bridgehead atoms. The highest BCUT2D eigenvalue weighted by atomic mass is 16.2. The van der Waals surface area contributed by atoms with Gasteiger partial charge in [-0.15, -0.1) is 0 Å². The van der Waals surface area contributed by atoms with Gasteiger partial charge in [0.15, 0.2) is 0 Å². The molecule has 1 amide bonds. The number of hydrogen-bond donors (Lipinski definition) is 1. The lowest BCUT2D eigenvalue weighted by Crippen LogP contribution is -2.37. The Hall–Kier alpha value is -2.43. The molecule has 102 valence electrons. The normalized spacial score (nSPS) is 13.9. The van der Waals surface area contributed by atoms with Crippen LogP contribution in [0.4, 0.5) is 5.69 Å². The molecule has 1 aliphatic heterocycles. The predicted octanol–water partition coefficient (Wildman–Crippen LogP) is 1.19. The fourth-order valence-electron chi connectivity index (χ4n) is 2.39. The van der Waals surface area contributed by atoms with Crippen molar-refractivity contribution in [3.05, 3.63) is 53.6 Å². The maximum absolute atomic E-state index is 12.3. The average molecular weight is 268 g/mol. The van der Waals surface area contributed by atoms with E-state index in [4.69, 9.17) is 5.73 Å². The van der Waals surface area contributed by atoms with Crippen LogP contribution in [0.5, 0.6) is 0 Å². The molecule has 20 heavy (non-hydrogen) atoms. The molecule has 0 radical (unpaired) electrons. The molecule has 0 unspecified atom stereocenters. The van der Waals surface area contributed by atoms with E-state index in [-0.39, 0.29) is 5.91 Å². The number of nitrogens with zero attached hydrogens (tertiary/aromatic N) is 3. The first-order chi connectivity index (χ1) is 9.72. The van der Waals surface area contributed by atoms with Crippen molar-refractivity contribution in [2.75, 3.05) is 12.3 Å². The third-order valence-corrected chi connectivity index (χ3v) is 3.50. The van der Waals surface area contributed by atoms with Gasteiger partial charge in [0, 0.05) is 37.1 Å². The van der Waals surface area contributed by atoms with Crippen LogP contribution in [0.1, 0.15) is 17.0 Å². The minimum absolute atomic E-state index is 0.0942. The van der Waals surface area contributed by atoms with Crippen molar-refractivity contribution in [1.82, 2.24) is 14.9 Å². The molecule has 2 N–H and O–H groups in total. The van der Waals surface area contributed by atoms with Crippen molar-refractivity contribution in [3.8, 4) is 0 Å². The molecule has 0 atom stereocenters. The van der Waals surface area contributed by atoms with Crippen molar-refractivity contribution in [2.45, 2.75) is 19.4 Å². The molecule has 0 fully saturated rings. The minimum Gasteiger partial charge on any atom is -0.397 e. The van der Waals surface area contributed by atoms with E-state index in [9.17, 15) is 4.79 Å². The molecule has 0 aliphatic carbocycles. The number of amides is 1. The van der Waals surface area contributed by atoms with Crippen LogP contribution in [0.15, 0.2) is 36.7 Å². The van der Waals surface area contributed by atoms with Gasteiger partial charge in [-0.3, -0.25) is 14.8 Å². The Balaban J connectivity index is 1.68. The van der Waals surface area contributed by atoms with Crippen LogP contribution in [-0.2, 0) is 24.2 Å². The Morgan fingerprint density at radius 1 is 1.30 bits per heavy atom. The first kappa shape index (κ1) is 12.6. The zero-order chi connectivity index (χ0) is 13.9. The fraction of sp³-hybridized carbons (Fsp3) is 0.267. The third-order valence-electron chi connectivity index (χ3n) is 3.50. The summed E-state index contributed by atoms with van der Waals surface area (Å²) in [6.07, 6.45) is 4.51. The Labute approximate surface area is 117 Å². The number of carbonyl (C=O) groups excluding carboxylic acids is 1. The van der Waals surface area contributed by atoms with Crippen molar-refractivity contribution in [1.29, 1.82) is 0 Å². The molecule has 5 heteroatoms. The molecular formula is C15H16N4O. The number of nitrogens with two attached hydrogens (primary N) is 1. The summed E-state index contributed by atoms with van der Waals surface area (Å²) in [6.45, 7) is 1.36.